The number of rotatable bonds is 2. The molecule has 5 heteroatoms. The molecular weight excluding hydrogens is 155 g/mol. The number of carbonyl (C=O) groups is 1. The minimum absolute atomic E-state index is 0.247. The smallest absolute Gasteiger partial charge is 0.279 e. The van der Waals surface area contributed by atoms with Crippen molar-refractivity contribution in [1.29, 1.82) is 0 Å². The van der Waals surface area contributed by atoms with Crippen molar-refractivity contribution in [2.45, 2.75) is 6.92 Å². The Hall–Kier alpha value is -0.970. The number of thiocarbonyl (C=S) groups is 1. The summed E-state index contributed by atoms with van der Waals surface area (Å²) in [6.07, 6.45) is 0.699. The maximum absolute atomic E-state index is 12.1. The Balaban J connectivity index is 3.92. The van der Waals surface area contributed by atoms with E-state index >= 15 is 0 Å². The molecule has 0 fully saturated rings. The SMILES string of the molecule is CC(=S)[N]C=C(F)C(N)=O. The molecule has 3 nitrogen and oxygen atoms in total. The van der Waals surface area contributed by atoms with Crippen molar-refractivity contribution in [3.05, 3.63) is 12.0 Å². The van der Waals surface area contributed by atoms with Gasteiger partial charge in [0, 0.05) is 0 Å². The van der Waals surface area contributed by atoms with Gasteiger partial charge in [0.05, 0.1) is 11.2 Å². The van der Waals surface area contributed by atoms with Crippen LogP contribution in [0.4, 0.5) is 4.39 Å². The molecule has 0 saturated carbocycles. The van der Waals surface area contributed by atoms with E-state index in [-0.39, 0.29) is 4.99 Å². The summed E-state index contributed by atoms with van der Waals surface area (Å²) in [5.74, 6) is -2.23. The predicted octanol–water partition coefficient (Wildman–Crippen LogP) is 0.234. The predicted molar refractivity (Wildman–Crippen MR) is 38.8 cm³/mol. The van der Waals surface area contributed by atoms with E-state index in [1.807, 2.05) is 0 Å². The average molecular weight is 161 g/mol. The first kappa shape index (κ1) is 9.03. The summed E-state index contributed by atoms with van der Waals surface area (Å²) < 4.78 is 12.1. The number of amides is 1. The van der Waals surface area contributed by atoms with Gasteiger partial charge in [0.25, 0.3) is 5.91 Å². The average Bonchev–Trinajstić information content (AvgIpc) is 1.82. The first-order valence-electron chi connectivity index (χ1n) is 2.41. The first-order chi connectivity index (χ1) is 4.54. The van der Waals surface area contributed by atoms with Crippen molar-refractivity contribution >= 4 is 23.1 Å². The normalized spacial score (nSPS) is 10.8. The summed E-state index contributed by atoms with van der Waals surface area (Å²) in [6, 6.07) is 0. The van der Waals surface area contributed by atoms with Crippen LogP contribution in [0.2, 0.25) is 0 Å². The Labute approximate surface area is 63.1 Å². The van der Waals surface area contributed by atoms with Gasteiger partial charge >= 0.3 is 0 Å². The number of carbonyl (C=O) groups excluding carboxylic acids is 1. The molecule has 0 unspecified atom stereocenters. The maximum Gasteiger partial charge on any atom is 0.279 e. The number of hydrogen-bond donors (Lipinski definition) is 1. The van der Waals surface area contributed by atoms with Crippen LogP contribution in [0.5, 0.6) is 0 Å². The molecule has 10 heavy (non-hydrogen) atoms. The third kappa shape index (κ3) is 3.96. The third-order valence-electron chi connectivity index (χ3n) is 0.595. The molecule has 55 valence electrons. The molecule has 0 aromatic heterocycles. The second kappa shape index (κ2) is 3.94. The highest BCUT2D eigenvalue weighted by Gasteiger charge is 2.00. The number of nitrogens with zero attached hydrogens (tertiary/aromatic N) is 1. The maximum atomic E-state index is 12.1. The molecule has 0 heterocycles. The van der Waals surface area contributed by atoms with Crippen LogP contribution in [-0.4, -0.2) is 10.9 Å². The lowest BCUT2D eigenvalue weighted by molar-refractivity contribution is -0.115. The van der Waals surface area contributed by atoms with Gasteiger partial charge in [-0.25, -0.2) is 5.32 Å². The van der Waals surface area contributed by atoms with E-state index in [1.165, 1.54) is 6.92 Å². The zero-order chi connectivity index (χ0) is 8.15. The Morgan fingerprint density at radius 2 is 2.30 bits per heavy atom. The van der Waals surface area contributed by atoms with Crippen molar-refractivity contribution in [3.8, 4) is 0 Å². The molecular formula is C5H6FN2OS. The van der Waals surface area contributed by atoms with Crippen molar-refractivity contribution in [1.82, 2.24) is 5.32 Å². The molecule has 0 atom stereocenters. The quantitative estimate of drug-likeness (QED) is 0.465. The standard InChI is InChI=1S/C5H6FN2OS/c1-3(10)8-2-4(6)5(7)9/h2H,1H3,(H2,7,9). The fourth-order valence-corrected chi connectivity index (χ4v) is 0.264. The summed E-state index contributed by atoms with van der Waals surface area (Å²) in [4.78, 5) is 10.2. The highest BCUT2D eigenvalue weighted by molar-refractivity contribution is 7.80. The van der Waals surface area contributed by atoms with E-state index in [2.05, 4.69) is 23.3 Å². The van der Waals surface area contributed by atoms with Gasteiger partial charge in [-0.15, -0.1) is 0 Å². The Morgan fingerprint density at radius 1 is 1.80 bits per heavy atom. The lowest BCUT2D eigenvalue weighted by atomic mass is 10.5. The fourth-order valence-electron chi connectivity index (χ4n) is 0.211. The summed E-state index contributed by atoms with van der Waals surface area (Å²) in [7, 11) is 0. The molecule has 0 rings (SSSR count). The van der Waals surface area contributed by atoms with Crippen LogP contribution >= 0.6 is 12.2 Å². The lowest BCUT2D eigenvalue weighted by Crippen LogP contribution is -2.13. The van der Waals surface area contributed by atoms with Gasteiger partial charge in [-0.3, -0.25) is 4.79 Å². The van der Waals surface area contributed by atoms with Crippen LogP contribution in [-0.2, 0) is 4.79 Å². The van der Waals surface area contributed by atoms with E-state index in [0.717, 1.165) is 0 Å². The molecule has 0 aliphatic carbocycles. The minimum atomic E-state index is -1.14. The fraction of sp³-hybridized carbons (Fsp3) is 0.200. The van der Waals surface area contributed by atoms with E-state index in [4.69, 9.17) is 0 Å². The van der Waals surface area contributed by atoms with Gasteiger partial charge in [0.2, 0.25) is 5.83 Å². The molecule has 0 spiro atoms. The molecule has 0 saturated heterocycles. The molecule has 0 aromatic carbocycles. The lowest BCUT2D eigenvalue weighted by Gasteiger charge is -1.89. The Kier molecular flexibility index (Phi) is 3.56. The Bertz CT molecular complexity index is 190. The van der Waals surface area contributed by atoms with E-state index in [0.29, 0.717) is 6.20 Å². The Morgan fingerprint density at radius 3 is 2.60 bits per heavy atom. The molecule has 1 radical (unpaired) electrons. The topological polar surface area (TPSA) is 57.2 Å². The van der Waals surface area contributed by atoms with Gasteiger partial charge in [-0.05, 0) is 6.92 Å². The van der Waals surface area contributed by atoms with Crippen molar-refractivity contribution in [2.24, 2.45) is 5.73 Å². The van der Waals surface area contributed by atoms with Crippen LogP contribution in [0.15, 0.2) is 12.0 Å². The molecule has 1 amide bonds. The van der Waals surface area contributed by atoms with Crippen LogP contribution in [0.1, 0.15) is 6.92 Å². The van der Waals surface area contributed by atoms with Gasteiger partial charge in [0.1, 0.15) is 0 Å². The zero-order valence-electron chi connectivity index (χ0n) is 5.30. The van der Waals surface area contributed by atoms with Gasteiger partial charge < -0.3 is 5.73 Å². The molecule has 2 N–H and O–H groups in total. The number of primary amides is 1. The van der Waals surface area contributed by atoms with Crippen LogP contribution in [0.3, 0.4) is 0 Å². The second-order valence-electron chi connectivity index (χ2n) is 1.49. The second-order valence-corrected chi connectivity index (χ2v) is 2.08. The summed E-state index contributed by atoms with van der Waals surface area (Å²) in [5, 5.41) is 3.34. The van der Waals surface area contributed by atoms with Crippen LogP contribution < -0.4 is 11.1 Å². The molecule has 0 aromatic rings. The van der Waals surface area contributed by atoms with E-state index in [9.17, 15) is 9.18 Å². The monoisotopic (exact) mass is 161 g/mol. The zero-order valence-corrected chi connectivity index (χ0v) is 6.11. The van der Waals surface area contributed by atoms with Crippen LogP contribution in [0, 0.1) is 0 Å². The van der Waals surface area contributed by atoms with Gasteiger partial charge in [0.15, 0.2) is 0 Å². The first-order valence-corrected chi connectivity index (χ1v) is 2.81. The number of halogens is 1. The summed E-state index contributed by atoms with van der Waals surface area (Å²) >= 11 is 4.47. The number of hydrogen-bond acceptors (Lipinski definition) is 2. The summed E-state index contributed by atoms with van der Waals surface area (Å²) in [6.45, 7) is 1.50. The third-order valence-corrected chi connectivity index (χ3v) is 0.700. The summed E-state index contributed by atoms with van der Waals surface area (Å²) in [5.41, 5.74) is 4.54. The van der Waals surface area contributed by atoms with E-state index in [1.54, 1.807) is 0 Å². The van der Waals surface area contributed by atoms with Gasteiger partial charge in [-0.2, -0.15) is 4.39 Å². The highest BCUT2D eigenvalue weighted by Crippen LogP contribution is 1.91. The molecule has 0 aliphatic heterocycles. The van der Waals surface area contributed by atoms with Crippen molar-refractivity contribution in [3.63, 3.8) is 0 Å². The van der Waals surface area contributed by atoms with Crippen molar-refractivity contribution < 1.29 is 9.18 Å². The number of nitrogens with two attached hydrogens (primary N) is 1. The molecule has 0 bridgehead atoms. The van der Waals surface area contributed by atoms with E-state index < -0.39 is 11.7 Å². The van der Waals surface area contributed by atoms with Crippen LogP contribution in [0.25, 0.3) is 0 Å². The van der Waals surface area contributed by atoms with Gasteiger partial charge in [-0.1, -0.05) is 12.2 Å². The highest BCUT2D eigenvalue weighted by atomic mass is 32.1. The molecule has 0 aliphatic rings. The largest absolute Gasteiger partial charge is 0.364 e. The van der Waals surface area contributed by atoms with Crippen molar-refractivity contribution in [2.75, 3.05) is 0 Å². The minimum Gasteiger partial charge on any atom is -0.364 e.